The van der Waals surface area contributed by atoms with Crippen molar-refractivity contribution in [3.8, 4) is 0 Å². The van der Waals surface area contributed by atoms with Crippen molar-refractivity contribution >= 4 is 15.9 Å². The van der Waals surface area contributed by atoms with Gasteiger partial charge in [-0.15, -0.1) is 0 Å². The van der Waals surface area contributed by atoms with E-state index in [0.717, 1.165) is 9.87 Å². The van der Waals surface area contributed by atoms with Gasteiger partial charge in [-0.3, -0.25) is 4.79 Å². The van der Waals surface area contributed by atoms with Gasteiger partial charge in [-0.1, -0.05) is 12.1 Å². The maximum atomic E-state index is 12.0. The highest BCUT2D eigenvalue weighted by Crippen LogP contribution is 2.14. The number of amides is 1. The van der Waals surface area contributed by atoms with E-state index in [1.807, 2.05) is 0 Å². The number of benzene rings is 1. The number of furan rings is 1. The maximum absolute atomic E-state index is 12.0. The molecule has 23 heavy (non-hydrogen) atoms. The number of sulfonamides is 1. The molecule has 8 heteroatoms. The van der Waals surface area contributed by atoms with E-state index < -0.39 is 10.0 Å². The summed E-state index contributed by atoms with van der Waals surface area (Å²) in [6.07, 6.45) is 1.35. The van der Waals surface area contributed by atoms with Crippen LogP contribution in [0.15, 0.2) is 45.9 Å². The fourth-order valence-electron chi connectivity index (χ4n) is 1.88. The van der Waals surface area contributed by atoms with Gasteiger partial charge in [-0.25, -0.2) is 12.7 Å². The number of hydrogen-bond donors (Lipinski definition) is 2. The Hall–Kier alpha value is -2.16. The Labute approximate surface area is 135 Å². The van der Waals surface area contributed by atoms with E-state index in [2.05, 4.69) is 5.32 Å². The van der Waals surface area contributed by atoms with E-state index in [1.165, 1.54) is 32.5 Å². The average molecular weight is 337 g/mol. The minimum atomic E-state index is -3.45. The van der Waals surface area contributed by atoms with Crippen LogP contribution in [0.2, 0.25) is 0 Å². The third kappa shape index (κ3) is 3.98. The number of nitrogens with two attached hydrogens (primary N) is 1. The van der Waals surface area contributed by atoms with E-state index in [-0.39, 0.29) is 23.9 Å². The van der Waals surface area contributed by atoms with Gasteiger partial charge in [0.2, 0.25) is 10.0 Å². The first-order valence-corrected chi connectivity index (χ1v) is 8.35. The van der Waals surface area contributed by atoms with E-state index in [1.54, 1.807) is 18.2 Å². The predicted octanol–water partition coefficient (Wildman–Crippen LogP) is 0.919. The molecule has 0 fully saturated rings. The predicted molar refractivity (Wildman–Crippen MR) is 85.1 cm³/mol. The van der Waals surface area contributed by atoms with Crippen LogP contribution in [-0.4, -0.2) is 32.7 Å². The van der Waals surface area contributed by atoms with Crippen LogP contribution in [0.3, 0.4) is 0 Å². The summed E-state index contributed by atoms with van der Waals surface area (Å²) in [5.41, 5.74) is 6.61. The summed E-state index contributed by atoms with van der Waals surface area (Å²) in [6, 6.07) is 7.94. The van der Waals surface area contributed by atoms with Crippen LogP contribution in [0.25, 0.3) is 0 Å². The van der Waals surface area contributed by atoms with E-state index in [9.17, 15) is 13.2 Å². The van der Waals surface area contributed by atoms with Crippen LogP contribution in [-0.2, 0) is 23.1 Å². The fourth-order valence-corrected chi connectivity index (χ4v) is 2.78. The van der Waals surface area contributed by atoms with Gasteiger partial charge in [0.05, 0.1) is 17.0 Å². The van der Waals surface area contributed by atoms with Gasteiger partial charge in [0.25, 0.3) is 5.91 Å². The molecule has 1 heterocycles. The van der Waals surface area contributed by atoms with Crippen molar-refractivity contribution in [2.45, 2.75) is 18.0 Å². The molecular weight excluding hydrogens is 318 g/mol. The summed E-state index contributed by atoms with van der Waals surface area (Å²) in [6.45, 7) is 0.513. The van der Waals surface area contributed by atoms with Gasteiger partial charge < -0.3 is 15.5 Å². The zero-order chi connectivity index (χ0) is 17.0. The lowest BCUT2D eigenvalue weighted by molar-refractivity contribution is 0.0950. The van der Waals surface area contributed by atoms with Crippen molar-refractivity contribution in [2.75, 3.05) is 14.1 Å². The molecule has 0 aliphatic heterocycles. The minimum Gasteiger partial charge on any atom is -0.467 e. The third-order valence-electron chi connectivity index (χ3n) is 3.27. The Bertz CT molecular complexity index is 779. The first-order valence-electron chi connectivity index (χ1n) is 6.91. The number of hydrogen-bond acceptors (Lipinski definition) is 5. The molecule has 124 valence electrons. The molecule has 1 amide bonds. The van der Waals surface area contributed by atoms with Crippen LogP contribution in [0.1, 0.15) is 21.7 Å². The lowest BCUT2D eigenvalue weighted by Gasteiger charge is -2.11. The Balaban J connectivity index is 2.00. The summed E-state index contributed by atoms with van der Waals surface area (Å²) in [4.78, 5) is 12.2. The SMILES string of the molecule is CN(C)S(=O)(=O)c1ccc(CNC(=O)c2coc(CN)c2)cc1. The number of carbonyl (C=O) groups excluding carboxylic acids is 1. The normalized spacial score (nSPS) is 11.7. The second-order valence-corrected chi connectivity index (χ2v) is 7.27. The van der Waals surface area contributed by atoms with Crippen LogP contribution in [0.4, 0.5) is 0 Å². The molecule has 1 aromatic carbocycles. The lowest BCUT2D eigenvalue weighted by Crippen LogP contribution is -2.23. The molecule has 0 aliphatic rings. The fraction of sp³-hybridized carbons (Fsp3) is 0.267. The monoisotopic (exact) mass is 337 g/mol. The Morgan fingerprint density at radius 2 is 1.91 bits per heavy atom. The van der Waals surface area contributed by atoms with E-state index >= 15 is 0 Å². The molecule has 1 aromatic heterocycles. The topological polar surface area (TPSA) is 106 Å². The van der Waals surface area contributed by atoms with Gasteiger partial charge in [0.15, 0.2) is 0 Å². The van der Waals surface area contributed by atoms with Crippen molar-refractivity contribution in [2.24, 2.45) is 5.73 Å². The molecule has 7 nitrogen and oxygen atoms in total. The largest absolute Gasteiger partial charge is 0.467 e. The summed E-state index contributed by atoms with van der Waals surface area (Å²) in [5, 5.41) is 2.73. The quantitative estimate of drug-likeness (QED) is 0.815. The number of carbonyl (C=O) groups is 1. The van der Waals surface area contributed by atoms with Crippen LogP contribution >= 0.6 is 0 Å². The molecule has 0 saturated carbocycles. The first-order chi connectivity index (χ1) is 10.8. The number of nitrogens with zero attached hydrogens (tertiary/aromatic N) is 1. The van der Waals surface area contributed by atoms with Crippen LogP contribution < -0.4 is 11.1 Å². The average Bonchev–Trinajstić information content (AvgIpc) is 3.02. The molecule has 0 bridgehead atoms. The molecule has 0 atom stereocenters. The molecule has 3 N–H and O–H groups in total. The van der Waals surface area contributed by atoms with Gasteiger partial charge in [-0.05, 0) is 23.8 Å². The molecule has 2 rings (SSSR count). The summed E-state index contributed by atoms with van der Waals surface area (Å²) in [5.74, 6) is 0.256. The van der Waals surface area contributed by atoms with E-state index in [0.29, 0.717) is 11.3 Å². The summed E-state index contributed by atoms with van der Waals surface area (Å²) >= 11 is 0. The molecule has 0 saturated heterocycles. The number of rotatable bonds is 6. The van der Waals surface area contributed by atoms with Crippen molar-refractivity contribution < 1.29 is 17.6 Å². The molecule has 0 aliphatic carbocycles. The third-order valence-corrected chi connectivity index (χ3v) is 5.10. The van der Waals surface area contributed by atoms with Gasteiger partial charge in [0, 0.05) is 20.6 Å². The molecular formula is C15H19N3O4S. The highest BCUT2D eigenvalue weighted by atomic mass is 32.2. The lowest BCUT2D eigenvalue weighted by atomic mass is 10.2. The first kappa shape index (κ1) is 17.2. The molecule has 0 unspecified atom stereocenters. The minimum absolute atomic E-state index is 0.208. The second-order valence-electron chi connectivity index (χ2n) is 5.12. The van der Waals surface area contributed by atoms with E-state index in [4.69, 9.17) is 10.2 Å². The molecule has 0 spiro atoms. The summed E-state index contributed by atoms with van der Waals surface area (Å²) < 4.78 is 30.2. The second kappa shape index (κ2) is 6.95. The molecule has 0 radical (unpaired) electrons. The van der Waals surface area contributed by atoms with Crippen LogP contribution in [0.5, 0.6) is 0 Å². The van der Waals surface area contributed by atoms with Crippen molar-refractivity contribution in [1.82, 2.24) is 9.62 Å². The van der Waals surface area contributed by atoms with Crippen molar-refractivity contribution in [3.63, 3.8) is 0 Å². The van der Waals surface area contributed by atoms with Gasteiger partial charge in [-0.2, -0.15) is 0 Å². The molecule has 2 aromatic rings. The van der Waals surface area contributed by atoms with Crippen molar-refractivity contribution in [1.29, 1.82) is 0 Å². The zero-order valence-corrected chi connectivity index (χ0v) is 13.8. The summed E-state index contributed by atoms with van der Waals surface area (Å²) in [7, 11) is -0.494. The highest BCUT2D eigenvalue weighted by Gasteiger charge is 2.16. The smallest absolute Gasteiger partial charge is 0.254 e. The Morgan fingerprint density at radius 3 is 2.43 bits per heavy atom. The van der Waals surface area contributed by atoms with Gasteiger partial charge >= 0.3 is 0 Å². The van der Waals surface area contributed by atoms with Crippen LogP contribution in [0, 0.1) is 0 Å². The van der Waals surface area contributed by atoms with Crippen molar-refractivity contribution in [3.05, 3.63) is 53.5 Å². The Morgan fingerprint density at radius 1 is 1.26 bits per heavy atom. The van der Waals surface area contributed by atoms with Gasteiger partial charge in [0.1, 0.15) is 12.0 Å². The maximum Gasteiger partial charge on any atom is 0.254 e. The standard InChI is InChI=1S/C15H19N3O4S/c1-18(2)23(20,21)14-5-3-11(4-6-14)9-17-15(19)12-7-13(8-16)22-10-12/h3-7,10H,8-9,16H2,1-2H3,(H,17,19). The number of nitrogens with one attached hydrogen (secondary N) is 1. The Kier molecular flexibility index (Phi) is 5.19. The zero-order valence-electron chi connectivity index (χ0n) is 12.9. The highest BCUT2D eigenvalue weighted by molar-refractivity contribution is 7.89.